The molecule has 5 nitrogen and oxygen atoms in total. The van der Waals surface area contributed by atoms with Crippen LogP contribution in [0.15, 0.2) is 24.4 Å². The van der Waals surface area contributed by atoms with Crippen LogP contribution in [0.1, 0.15) is 18.7 Å². The van der Waals surface area contributed by atoms with Crippen LogP contribution in [0, 0.1) is 0 Å². The summed E-state index contributed by atoms with van der Waals surface area (Å²) in [5.74, 6) is 0.0701. The lowest BCUT2D eigenvalue weighted by Crippen LogP contribution is -2.33. The molecule has 1 rings (SSSR count). The Morgan fingerprint density at radius 1 is 1.44 bits per heavy atom. The maximum absolute atomic E-state index is 11.6. The van der Waals surface area contributed by atoms with Gasteiger partial charge < -0.3 is 5.32 Å². The lowest BCUT2D eigenvalue weighted by atomic mass is 10.2. The van der Waals surface area contributed by atoms with Gasteiger partial charge in [0.25, 0.3) is 0 Å². The van der Waals surface area contributed by atoms with Gasteiger partial charge in [0.2, 0.25) is 10.0 Å². The number of nitrogens with zero attached hydrogens (tertiary/aromatic N) is 1. The Hall–Kier alpha value is -0.980. The number of aromatic nitrogens is 1. The molecule has 90 valence electrons. The van der Waals surface area contributed by atoms with E-state index in [1.54, 1.807) is 32.3 Å². The van der Waals surface area contributed by atoms with Gasteiger partial charge in [0.05, 0.1) is 17.5 Å². The third-order valence-electron chi connectivity index (χ3n) is 2.11. The van der Waals surface area contributed by atoms with Crippen LogP contribution in [0.4, 0.5) is 0 Å². The molecule has 1 unspecified atom stereocenters. The van der Waals surface area contributed by atoms with Gasteiger partial charge in [-0.05, 0) is 26.1 Å². The first kappa shape index (κ1) is 13.1. The molecular weight excluding hydrogens is 226 g/mol. The van der Waals surface area contributed by atoms with Crippen LogP contribution in [0.25, 0.3) is 0 Å². The summed E-state index contributed by atoms with van der Waals surface area (Å²) >= 11 is 0. The number of sulfonamides is 1. The maximum atomic E-state index is 11.6. The molecule has 0 saturated carbocycles. The van der Waals surface area contributed by atoms with E-state index in [1.165, 1.54) is 0 Å². The molecule has 0 aliphatic carbocycles. The summed E-state index contributed by atoms with van der Waals surface area (Å²) in [6, 6.07) is 5.13. The molecule has 2 N–H and O–H groups in total. The Bertz CT molecular complexity index is 405. The molecule has 1 aromatic heterocycles. The Kier molecular flexibility index (Phi) is 4.85. The summed E-state index contributed by atoms with van der Waals surface area (Å²) in [4.78, 5) is 4.10. The minimum Gasteiger partial charge on any atom is -0.319 e. The van der Waals surface area contributed by atoms with Crippen LogP contribution >= 0.6 is 0 Å². The van der Waals surface area contributed by atoms with Crippen molar-refractivity contribution in [2.24, 2.45) is 0 Å². The number of rotatable bonds is 6. The zero-order valence-corrected chi connectivity index (χ0v) is 10.3. The van der Waals surface area contributed by atoms with E-state index in [2.05, 4.69) is 15.0 Å². The van der Waals surface area contributed by atoms with Crippen LogP contribution in [0.3, 0.4) is 0 Å². The normalized spacial score (nSPS) is 13.6. The quantitative estimate of drug-likeness (QED) is 0.753. The SMILES string of the molecule is CNCCS(=O)(=O)NC(C)c1ccccn1. The summed E-state index contributed by atoms with van der Waals surface area (Å²) in [5, 5.41) is 2.80. The Morgan fingerprint density at radius 3 is 2.75 bits per heavy atom. The fourth-order valence-corrected chi connectivity index (χ4v) is 2.51. The molecule has 1 atom stereocenters. The minimum atomic E-state index is -3.24. The predicted molar refractivity (Wildman–Crippen MR) is 63.5 cm³/mol. The highest BCUT2D eigenvalue weighted by atomic mass is 32.2. The average Bonchev–Trinajstić information content (AvgIpc) is 2.27. The maximum Gasteiger partial charge on any atom is 0.213 e. The third-order valence-corrected chi connectivity index (χ3v) is 3.56. The van der Waals surface area contributed by atoms with Crippen LogP contribution in [0.2, 0.25) is 0 Å². The second kappa shape index (κ2) is 5.93. The highest BCUT2D eigenvalue weighted by Gasteiger charge is 2.15. The van der Waals surface area contributed by atoms with Gasteiger partial charge in [0.15, 0.2) is 0 Å². The molecule has 16 heavy (non-hydrogen) atoms. The molecule has 0 bridgehead atoms. The summed E-state index contributed by atoms with van der Waals surface area (Å²) in [5.41, 5.74) is 0.718. The predicted octanol–water partition coefficient (Wildman–Crippen LogP) is 0.281. The molecule has 0 aliphatic heterocycles. The number of pyridine rings is 1. The lowest BCUT2D eigenvalue weighted by molar-refractivity contribution is 0.562. The average molecular weight is 243 g/mol. The summed E-state index contributed by atoms with van der Waals surface area (Å²) < 4.78 is 25.8. The summed E-state index contributed by atoms with van der Waals surface area (Å²) in [6.45, 7) is 2.21. The second-order valence-corrected chi connectivity index (χ2v) is 5.39. The highest BCUT2D eigenvalue weighted by molar-refractivity contribution is 7.89. The first-order valence-electron chi connectivity index (χ1n) is 5.10. The van der Waals surface area contributed by atoms with Gasteiger partial charge in [0.1, 0.15) is 0 Å². The third kappa shape index (κ3) is 4.26. The van der Waals surface area contributed by atoms with Gasteiger partial charge in [-0.25, -0.2) is 13.1 Å². The van der Waals surface area contributed by atoms with Gasteiger partial charge in [-0.3, -0.25) is 4.98 Å². The van der Waals surface area contributed by atoms with E-state index in [-0.39, 0.29) is 11.8 Å². The Labute approximate surface area is 96.3 Å². The van der Waals surface area contributed by atoms with E-state index in [4.69, 9.17) is 0 Å². The van der Waals surface area contributed by atoms with E-state index in [1.807, 2.05) is 6.07 Å². The van der Waals surface area contributed by atoms with Gasteiger partial charge in [-0.1, -0.05) is 6.07 Å². The first-order valence-corrected chi connectivity index (χ1v) is 6.76. The molecule has 0 aliphatic rings. The van der Waals surface area contributed by atoms with Crippen molar-refractivity contribution < 1.29 is 8.42 Å². The van der Waals surface area contributed by atoms with Crippen molar-refractivity contribution in [1.29, 1.82) is 0 Å². The summed E-state index contributed by atoms with van der Waals surface area (Å²) in [6.07, 6.45) is 1.65. The molecule has 1 aromatic rings. The van der Waals surface area contributed by atoms with Crippen molar-refractivity contribution >= 4 is 10.0 Å². The Morgan fingerprint density at radius 2 is 2.19 bits per heavy atom. The fraction of sp³-hybridized carbons (Fsp3) is 0.500. The molecule has 0 amide bonds. The van der Waals surface area contributed by atoms with Crippen LogP contribution in [-0.2, 0) is 10.0 Å². The number of hydrogen-bond donors (Lipinski definition) is 2. The van der Waals surface area contributed by atoms with Crippen molar-refractivity contribution in [3.05, 3.63) is 30.1 Å². The van der Waals surface area contributed by atoms with E-state index in [0.717, 1.165) is 5.69 Å². The summed E-state index contributed by atoms with van der Waals surface area (Å²) in [7, 11) is -1.52. The zero-order chi connectivity index (χ0) is 12.0. The zero-order valence-electron chi connectivity index (χ0n) is 9.47. The monoisotopic (exact) mass is 243 g/mol. The van der Waals surface area contributed by atoms with Gasteiger partial charge in [-0.15, -0.1) is 0 Å². The second-order valence-electron chi connectivity index (χ2n) is 3.52. The largest absolute Gasteiger partial charge is 0.319 e. The van der Waals surface area contributed by atoms with Crippen molar-refractivity contribution in [1.82, 2.24) is 15.0 Å². The first-order chi connectivity index (χ1) is 7.55. The van der Waals surface area contributed by atoms with E-state index in [0.29, 0.717) is 6.54 Å². The molecule has 1 heterocycles. The van der Waals surface area contributed by atoms with Crippen molar-refractivity contribution in [2.75, 3.05) is 19.3 Å². The van der Waals surface area contributed by atoms with Gasteiger partial charge in [-0.2, -0.15) is 0 Å². The van der Waals surface area contributed by atoms with Crippen molar-refractivity contribution in [3.8, 4) is 0 Å². The van der Waals surface area contributed by atoms with Gasteiger partial charge >= 0.3 is 0 Å². The molecular formula is C10H17N3O2S. The molecule has 6 heteroatoms. The molecule has 0 aromatic carbocycles. The van der Waals surface area contributed by atoms with E-state index >= 15 is 0 Å². The molecule has 0 radical (unpaired) electrons. The molecule has 0 spiro atoms. The van der Waals surface area contributed by atoms with E-state index in [9.17, 15) is 8.42 Å². The minimum absolute atomic E-state index is 0.0701. The molecule has 0 saturated heterocycles. The number of hydrogen-bond acceptors (Lipinski definition) is 4. The smallest absolute Gasteiger partial charge is 0.213 e. The van der Waals surface area contributed by atoms with Gasteiger partial charge in [0, 0.05) is 12.7 Å². The van der Waals surface area contributed by atoms with E-state index < -0.39 is 10.0 Å². The highest BCUT2D eigenvalue weighted by Crippen LogP contribution is 2.09. The van der Waals surface area contributed by atoms with Crippen LogP contribution in [0.5, 0.6) is 0 Å². The Balaban J connectivity index is 2.61. The molecule has 0 fully saturated rings. The lowest BCUT2D eigenvalue weighted by Gasteiger charge is -2.13. The van der Waals surface area contributed by atoms with Crippen LogP contribution in [-0.4, -0.2) is 32.7 Å². The number of nitrogens with one attached hydrogen (secondary N) is 2. The standard InChI is InChI=1S/C10H17N3O2S/c1-9(10-5-3-4-6-12-10)13-16(14,15)8-7-11-2/h3-6,9,11,13H,7-8H2,1-2H3. The fourth-order valence-electron chi connectivity index (χ4n) is 1.26. The van der Waals surface area contributed by atoms with Crippen molar-refractivity contribution in [3.63, 3.8) is 0 Å². The van der Waals surface area contributed by atoms with Crippen molar-refractivity contribution in [2.45, 2.75) is 13.0 Å². The topological polar surface area (TPSA) is 71.1 Å². The van der Waals surface area contributed by atoms with Crippen LogP contribution < -0.4 is 10.0 Å².